The average molecular weight is 262 g/mol. The summed E-state index contributed by atoms with van der Waals surface area (Å²) in [6.45, 7) is 5.14. The first-order valence-electron chi connectivity index (χ1n) is 5.70. The van der Waals surface area contributed by atoms with Crippen LogP contribution in [0.15, 0.2) is 6.20 Å². The Morgan fingerprint density at radius 3 is 2.88 bits per heavy atom. The SMILES string of the molecule is CCCSCC(NC)c1c(Cl)cnn1CC. The van der Waals surface area contributed by atoms with E-state index in [4.69, 9.17) is 11.6 Å². The molecular formula is C11H20ClN3S. The Morgan fingerprint density at radius 2 is 2.31 bits per heavy atom. The highest BCUT2D eigenvalue weighted by Gasteiger charge is 2.18. The lowest BCUT2D eigenvalue weighted by atomic mass is 10.2. The number of hydrogen-bond acceptors (Lipinski definition) is 3. The van der Waals surface area contributed by atoms with Crippen molar-refractivity contribution in [3.63, 3.8) is 0 Å². The zero-order valence-corrected chi connectivity index (χ0v) is 11.7. The molecule has 16 heavy (non-hydrogen) atoms. The maximum absolute atomic E-state index is 6.18. The van der Waals surface area contributed by atoms with Crippen LogP contribution in [0.25, 0.3) is 0 Å². The van der Waals surface area contributed by atoms with Crippen molar-refractivity contribution in [3.05, 3.63) is 16.9 Å². The van der Waals surface area contributed by atoms with Crippen LogP contribution in [0.2, 0.25) is 5.02 Å². The smallest absolute Gasteiger partial charge is 0.0834 e. The second-order valence-electron chi connectivity index (χ2n) is 3.61. The van der Waals surface area contributed by atoms with Crippen LogP contribution in [-0.4, -0.2) is 28.3 Å². The summed E-state index contributed by atoms with van der Waals surface area (Å²) < 4.78 is 1.97. The fourth-order valence-electron chi connectivity index (χ4n) is 1.61. The van der Waals surface area contributed by atoms with Gasteiger partial charge in [-0.15, -0.1) is 0 Å². The van der Waals surface area contributed by atoms with Gasteiger partial charge in [-0.2, -0.15) is 16.9 Å². The standard InChI is InChI=1S/C11H20ClN3S/c1-4-6-16-8-10(13-3)11-9(12)7-14-15(11)5-2/h7,10,13H,4-6,8H2,1-3H3. The number of hydrogen-bond donors (Lipinski definition) is 1. The largest absolute Gasteiger partial charge is 0.311 e. The minimum absolute atomic E-state index is 0.284. The van der Waals surface area contributed by atoms with E-state index < -0.39 is 0 Å². The highest BCUT2D eigenvalue weighted by molar-refractivity contribution is 7.99. The molecule has 1 heterocycles. The zero-order valence-electron chi connectivity index (χ0n) is 10.2. The third-order valence-corrected chi connectivity index (χ3v) is 4.00. The third-order valence-electron chi connectivity index (χ3n) is 2.44. The Morgan fingerprint density at radius 1 is 1.56 bits per heavy atom. The van der Waals surface area contributed by atoms with Gasteiger partial charge in [0.25, 0.3) is 0 Å². The summed E-state index contributed by atoms with van der Waals surface area (Å²) in [5, 5.41) is 8.34. The first kappa shape index (κ1) is 13.9. The first-order chi connectivity index (χ1) is 7.74. The summed E-state index contributed by atoms with van der Waals surface area (Å²) >= 11 is 8.13. The van der Waals surface area contributed by atoms with Crippen molar-refractivity contribution < 1.29 is 0 Å². The molecule has 0 aliphatic rings. The predicted octanol–water partition coefficient (Wildman–Crippen LogP) is 2.96. The van der Waals surface area contributed by atoms with E-state index in [0.717, 1.165) is 23.0 Å². The highest BCUT2D eigenvalue weighted by atomic mass is 35.5. The van der Waals surface area contributed by atoms with Crippen molar-refractivity contribution in [2.75, 3.05) is 18.6 Å². The summed E-state index contributed by atoms with van der Waals surface area (Å²) in [5.41, 5.74) is 1.11. The molecule has 0 amide bonds. The molecule has 0 aliphatic heterocycles. The molecule has 1 N–H and O–H groups in total. The summed E-state index contributed by atoms with van der Waals surface area (Å²) in [5.74, 6) is 2.23. The lowest BCUT2D eigenvalue weighted by molar-refractivity contribution is 0.549. The second kappa shape index (κ2) is 7.20. The summed E-state index contributed by atoms with van der Waals surface area (Å²) in [6, 6.07) is 0.284. The van der Waals surface area contributed by atoms with Crippen LogP contribution in [0.3, 0.4) is 0 Å². The monoisotopic (exact) mass is 261 g/mol. The van der Waals surface area contributed by atoms with Gasteiger partial charge in [0.2, 0.25) is 0 Å². The number of nitrogens with zero attached hydrogens (tertiary/aromatic N) is 2. The van der Waals surface area contributed by atoms with E-state index in [-0.39, 0.29) is 6.04 Å². The van der Waals surface area contributed by atoms with E-state index in [1.54, 1.807) is 6.20 Å². The van der Waals surface area contributed by atoms with Gasteiger partial charge in [-0.1, -0.05) is 18.5 Å². The van der Waals surface area contributed by atoms with E-state index in [0.29, 0.717) is 0 Å². The fraction of sp³-hybridized carbons (Fsp3) is 0.727. The van der Waals surface area contributed by atoms with Gasteiger partial charge in [0.1, 0.15) is 0 Å². The van der Waals surface area contributed by atoms with Crippen LogP contribution in [0.4, 0.5) is 0 Å². The number of thioether (sulfide) groups is 1. The minimum Gasteiger partial charge on any atom is -0.311 e. The van der Waals surface area contributed by atoms with Crippen molar-refractivity contribution in [2.45, 2.75) is 32.9 Å². The second-order valence-corrected chi connectivity index (χ2v) is 5.17. The average Bonchev–Trinajstić information content (AvgIpc) is 2.66. The molecular weight excluding hydrogens is 242 g/mol. The lowest BCUT2D eigenvalue weighted by Gasteiger charge is -2.17. The van der Waals surface area contributed by atoms with E-state index in [1.165, 1.54) is 12.2 Å². The Hall–Kier alpha value is -0.190. The van der Waals surface area contributed by atoms with Gasteiger partial charge in [-0.25, -0.2) is 0 Å². The molecule has 0 fully saturated rings. The molecule has 0 aromatic carbocycles. The molecule has 0 saturated carbocycles. The van der Waals surface area contributed by atoms with Gasteiger partial charge >= 0.3 is 0 Å². The Balaban J connectivity index is 2.73. The quantitative estimate of drug-likeness (QED) is 0.766. The topological polar surface area (TPSA) is 29.9 Å². The van der Waals surface area contributed by atoms with Crippen molar-refractivity contribution in [1.82, 2.24) is 15.1 Å². The molecule has 1 aromatic rings. The number of aromatic nitrogens is 2. The molecule has 0 saturated heterocycles. The van der Waals surface area contributed by atoms with Crippen molar-refractivity contribution >= 4 is 23.4 Å². The summed E-state index contributed by atoms with van der Waals surface area (Å²) in [7, 11) is 1.97. The molecule has 0 spiro atoms. The molecule has 1 atom stereocenters. The van der Waals surface area contributed by atoms with Crippen molar-refractivity contribution in [2.24, 2.45) is 0 Å². The normalized spacial score (nSPS) is 13.0. The molecule has 5 heteroatoms. The maximum Gasteiger partial charge on any atom is 0.0834 e. The summed E-state index contributed by atoms with van der Waals surface area (Å²) in [4.78, 5) is 0. The molecule has 1 rings (SSSR count). The van der Waals surface area contributed by atoms with E-state index >= 15 is 0 Å². The van der Waals surface area contributed by atoms with E-state index in [1.807, 2.05) is 23.5 Å². The van der Waals surface area contributed by atoms with Crippen LogP contribution >= 0.6 is 23.4 Å². The Labute approximate surface area is 107 Å². The van der Waals surface area contributed by atoms with E-state index in [2.05, 4.69) is 24.3 Å². The molecule has 0 radical (unpaired) electrons. The maximum atomic E-state index is 6.18. The van der Waals surface area contributed by atoms with E-state index in [9.17, 15) is 0 Å². The molecule has 1 unspecified atom stereocenters. The zero-order chi connectivity index (χ0) is 12.0. The molecule has 0 aliphatic carbocycles. The van der Waals surface area contributed by atoms with Crippen LogP contribution < -0.4 is 5.32 Å². The van der Waals surface area contributed by atoms with Gasteiger partial charge in [0, 0.05) is 12.3 Å². The van der Waals surface area contributed by atoms with Gasteiger partial charge < -0.3 is 5.32 Å². The van der Waals surface area contributed by atoms with Crippen molar-refractivity contribution in [1.29, 1.82) is 0 Å². The van der Waals surface area contributed by atoms with Crippen molar-refractivity contribution in [3.8, 4) is 0 Å². The number of nitrogens with one attached hydrogen (secondary N) is 1. The number of halogens is 1. The molecule has 3 nitrogen and oxygen atoms in total. The highest BCUT2D eigenvalue weighted by Crippen LogP contribution is 2.25. The van der Waals surface area contributed by atoms with Gasteiger partial charge in [-0.3, -0.25) is 4.68 Å². The molecule has 92 valence electrons. The number of aryl methyl sites for hydroxylation is 1. The molecule has 1 aromatic heterocycles. The minimum atomic E-state index is 0.284. The van der Waals surface area contributed by atoms with Crippen LogP contribution in [-0.2, 0) is 6.54 Å². The molecule has 0 bridgehead atoms. The predicted molar refractivity (Wildman–Crippen MR) is 72.3 cm³/mol. The van der Waals surface area contributed by atoms with Crippen LogP contribution in [0.1, 0.15) is 32.0 Å². The third kappa shape index (κ3) is 3.40. The lowest BCUT2D eigenvalue weighted by Crippen LogP contribution is -2.22. The van der Waals surface area contributed by atoms with Gasteiger partial charge in [0.15, 0.2) is 0 Å². The van der Waals surface area contributed by atoms with Gasteiger partial charge in [0.05, 0.1) is 23.0 Å². The number of rotatable bonds is 7. The Bertz CT molecular complexity index is 314. The Kier molecular flexibility index (Phi) is 6.24. The van der Waals surface area contributed by atoms with Crippen LogP contribution in [0.5, 0.6) is 0 Å². The first-order valence-corrected chi connectivity index (χ1v) is 7.24. The van der Waals surface area contributed by atoms with Crippen LogP contribution in [0, 0.1) is 0 Å². The van der Waals surface area contributed by atoms with Gasteiger partial charge in [-0.05, 0) is 26.1 Å². The summed E-state index contributed by atoms with van der Waals surface area (Å²) in [6.07, 6.45) is 2.94. The fourth-order valence-corrected chi connectivity index (χ4v) is 2.90.